The van der Waals surface area contributed by atoms with E-state index in [1.54, 1.807) is 6.20 Å². The van der Waals surface area contributed by atoms with Gasteiger partial charge in [-0.05, 0) is 144 Å². The molecule has 0 radical (unpaired) electrons. The molecule has 0 bridgehead atoms. The molecule has 0 spiro atoms. The number of furan rings is 1. The number of nitrogens with zero attached hydrogens (tertiary/aromatic N) is 5. The fourth-order valence-corrected chi connectivity index (χ4v) is 8.23. The van der Waals surface area contributed by atoms with E-state index >= 15 is 0 Å². The zero-order valence-electron chi connectivity index (χ0n) is 32.5. The van der Waals surface area contributed by atoms with Gasteiger partial charge in [-0.15, -0.1) is 0 Å². The van der Waals surface area contributed by atoms with Gasteiger partial charge in [0.15, 0.2) is 11.2 Å². The Bertz CT molecular complexity index is 3310. The lowest BCUT2D eigenvalue weighted by atomic mass is 10.0. The van der Waals surface area contributed by atoms with Crippen molar-refractivity contribution in [2.24, 2.45) is 0 Å². The second-order valence-corrected chi connectivity index (χ2v) is 14.9. The molecule has 8 aromatic carbocycles. The fourth-order valence-electron chi connectivity index (χ4n) is 8.23. The quantitative estimate of drug-likeness (QED) is 0.150. The van der Waals surface area contributed by atoms with E-state index in [9.17, 15) is 0 Å². The van der Waals surface area contributed by atoms with Crippen molar-refractivity contribution in [3.63, 3.8) is 0 Å². The minimum absolute atomic E-state index is 0.590. The summed E-state index contributed by atoms with van der Waals surface area (Å²) in [5.74, 6) is 1.19. The topological polar surface area (TPSA) is 84.6 Å². The van der Waals surface area contributed by atoms with Gasteiger partial charge in [-0.25, -0.2) is 9.97 Å². The monoisotopic (exact) mass is 787 g/mol. The molecule has 8 heteroatoms. The van der Waals surface area contributed by atoms with Crippen molar-refractivity contribution in [2.45, 2.75) is 0 Å². The first-order valence-corrected chi connectivity index (χ1v) is 20.1. The van der Waals surface area contributed by atoms with E-state index in [0.29, 0.717) is 11.8 Å². The number of benzene rings is 8. The molecule has 0 saturated heterocycles. The average molecular weight is 788 g/mol. The van der Waals surface area contributed by atoms with Gasteiger partial charge in [0.1, 0.15) is 22.2 Å². The van der Waals surface area contributed by atoms with Crippen LogP contribution in [-0.4, -0.2) is 15.0 Å². The summed E-state index contributed by atoms with van der Waals surface area (Å²) in [6, 6.07) is 64.0. The Morgan fingerprint density at radius 2 is 0.885 bits per heavy atom. The highest BCUT2D eigenvalue weighted by Gasteiger charge is 2.19. The number of pyridine rings is 1. The maximum Gasteiger partial charge on any atom is 0.227 e. The van der Waals surface area contributed by atoms with Gasteiger partial charge in [-0.3, -0.25) is 4.98 Å². The fraction of sp³-hybridized carbons (Fsp3) is 0. The number of rotatable bonds is 8. The van der Waals surface area contributed by atoms with E-state index in [1.807, 2.05) is 79.0 Å². The standard InChI is InChI=1S/C53H33N5O3/c1-2-9-38(10-3-1)57(39-21-16-34(17-22-39)52-55-46-12-4-6-14-48(46)60-52)42-26-27-44-45-30-36-20-25-41(29-37(36)31-50(45)59-51(44)32-42)58(43-11-8-28-54-33-43)40-23-18-35(19-24-40)53-56-47-13-5-7-15-49(47)61-53/h1-33H. The van der Waals surface area contributed by atoms with Crippen molar-refractivity contribution in [1.29, 1.82) is 0 Å². The van der Waals surface area contributed by atoms with E-state index in [-0.39, 0.29) is 0 Å². The van der Waals surface area contributed by atoms with Crippen LogP contribution in [0, 0.1) is 0 Å². The van der Waals surface area contributed by atoms with Crippen molar-refractivity contribution in [3.05, 3.63) is 200 Å². The maximum absolute atomic E-state index is 6.69. The molecule has 61 heavy (non-hydrogen) atoms. The second-order valence-electron chi connectivity index (χ2n) is 14.9. The van der Waals surface area contributed by atoms with E-state index in [1.165, 1.54) is 0 Å². The molecule has 0 aliphatic carbocycles. The number of fused-ring (bicyclic) bond motifs is 6. The predicted octanol–water partition coefficient (Wildman–Crippen LogP) is 14.7. The smallest absolute Gasteiger partial charge is 0.227 e. The largest absolute Gasteiger partial charge is 0.456 e. The molecule has 4 heterocycles. The second kappa shape index (κ2) is 14.1. The van der Waals surface area contributed by atoms with Crippen LogP contribution in [0.4, 0.5) is 34.1 Å². The first-order chi connectivity index (χ1) is 30.2. The Labute approximate surface area is 349 Å². The van der Waals surface area contributed by atoms with Gasteiger partial charge < -0.3 is 23.1 Å². The predicted molar refractivity (Wildman–Crippen MR) is 244 cm³/mol. The van der Waals surface area contributed by atoms with Crippen molar-refractivity contribution in [2.75, 3.05) is 9.80 Å². The van der Waals surface area contributed by atoms with Crippen LogP contribution in [0.3, 0.4) is 0 Å². The highest BCUT2D eigenvalue weighted by atomic mass is 16.4. The molecule has 0 aliphatic heterocycles. The lowest BCUT2D eigenvalue weighted by Crippen LogP contribution is -2.10. The van der Waals surface area contributed by atoms with Gasteiger partial charge in [0.25, 0.3) is 0 Å². The molecule has 12 aromatic rings. The summed E-state index contributed by atoms with van der Waals surface area (Å²) in [7, 11) is 0. The maximum atomic E-state index is 6.69. The minimum atomic E-state index is 0.590. The average Bonchev–Trinajstić information content (AvgIpc) is 4.05. The van der Waals surface area contributed by atoms with Crippen LogP contribution in [0.5, 0.6) is 0 Å². The van der Waals surface area contributed by atoms with Crippen LogP contribution in [0.1, 0.15) is 0 Å². The summed E-state index contributed by atoms with van der Waals surface area (Å²) >= 11 is 0. The van der Waals surface area contributed by atoms with Crippen LogP contribution < -0.4 is 9.80 Å². The van der Waals surface area contributed by atoms with Gasteiger partial charge >= 0.3 is 0 Å². The Kier molecular flexibility index (Phi) is 7.99. The summed E-state index contributed by atoms with van der Waals surface area (Å²) in [4.78, 5) is 18.3. The van der Waals surface area contributed by atoms with Crippen LogP contribution in [-0.2, 0) is 0 Å². The van der Waals surface area contributed by atoms with Crippen LogP contribution in [0.2, 0.25) is 0 Å². The normalized spacial score (nSPS) is 11.6. The Hall–Kier alpha value is -8.49. The molecule has 8 nitrogen and oxygen atoms in total. The third-order valence-corrected chi connectivity index (χ3v) is 11.2. The van der Waals surface area contributed by atoms with Crippen LogP contribution in [0.15, 0.2) is 214 Å². The van der Waals surface area contributed by atoms with Crippen molar-refractivity contribution in [1.82, 2.24) is 15.0 Å². The molecule has 0 N–H and O–H groups in total. The first kappa shape index (κ1) is 34.5. The molecule has 0 fully saturated rings. The molecular formula is C53H33N5O3. The van der Waals surface area contributed by atoms with E-state index in [2.05, 4.69) is 130 Å². The molecule has 0 unspecified atom stereocenters. The Balaban J connectivity index is 0.903. The molecular weight excluding hydrogens is 755 g/mol. The van der Waals surface area contributed by atoms with E-state index < -0.39 is 0 Å². The van der Waals surface area contributed by atoms with E-state index in [0.717, 1.165) is 100 Å². The van der Waals surface area contributed by atoms with E-state index in [4.69, 9.17) is 23.2 Å². The van der Waals surface area contributed by atoms with Gasteiger partial charge in [-0.2, -0.15) is 0 Å². The summed E-state index contributed by atoms with van der Waals surface area (Å²) in [5.41, 5.74) is 12.6. The minimum Gasteiger partial charge on any atom is -0.456 e. The summed E-state index contributed by atoms with van der Waals surface area (Å²) in [6.45, 7) is 0. The number of anilines is 6. The SMILES string of the molecule is c1ccc(N(c2ccc(-c3nc4ccccc4o3)cc2)c2ccc3c(c2)oc2cc4cc(N(c5ccc(-c6nc7ccccc7o6)cc5)c5cccnc5)ccc4cc23)cc1. The highest BCUT2D eigenvalue weighted by molar-refractivity contribution is 6.11. The summed E-state index contributed by atoms with van der Waals surface area (Å²) in [5, 5.41) is 4.30. The van der Waals surface area contributed by atoms with Gasteiger partial charge in [0, 0.05) is 62.6 Å². The molecule has 0 atom stereocenters. The number of hydrogen-bond donors (Lipinski definition) is 0. The molecule has 0 amide bonds. The number of aromatic nitrogens is 3. The molecule has 288 valence electrons. The summed E-state index contributed by atoms with van der Waals surface area (Å²) < 4.78 is 18.8. The Morgan fingerprint density at radius 3 is 1.52 bits per heavy atom. The molecule has 0 aliphatic rings. The highest BCUT2D eigenvalue weighted by Crippen LogP contribution is 2.42. The summed E-state index contributed by atoms with van der Waals surface area (Å²) in [6.07, 6.45) is 3.67. The van der Waals surface area contributed by atoms with Gasteiger partial charge in [0.05, 0.1) is 11.9 Å². The molecule has 12 rings (SSSR count). The lowest BCUT2D eigenvalue weighted by Gasteiger charge is -2.25. The van der Waals surface area contributed by atoms with Gasteiger partial charge in [0.2, 0.25) is 11.8 Å². The van der Waals surface area contributed by atoms with Crippen molar-refractivity contribution in [3.8, 4) is 22.9 Å². The van der Waals surface area contributed by atoms with Crippen LogP contribution in [0.25, 0.3) is 77.8 Å². The lowest BCUT2D eigenvalue weighted by molar-refractivity contribution is 0.619. The van der Waals surface area contributed by atoms with Crippen molar-refractivity contribution < 1.29 is 13.3 Å². The number of hydrogen-bond acceptors (Lipinski definition) is 8. The number of oxazole rings is 2. The zero-order valence-corrected chi connectivity index (χ0v) is 32.5. The molecule has 0 saturated carbocycles. The number of para-hydroxylation sites is 5. The van der Waals surface area contributed by atoms with Crippen LogP contribution >= 0.6 is 0 Å². The third-order valence-electron chi connectivity index (χ3n) is 11.2. The zero-order chi connectivity index (χ0) is 40.3. The Morgan fingerprint density at radius 1 is 0.344 bits per heavy atom. The van der Waals surface area contributed by atoms with Crippen molar-refractivity contribution >= 4 is 89.0 Å². The first-order valence-electron chi connectivity index (χ1n) is 20.1. The third kappa shape index (κ3) is 6.13. The molecule has 4 aromatic heterocycles. The van der Waals surface area contributed by atoms with Gasteiger partial charge in [-0.1, -0.05) is 48.5 Å².